The molecule has 1 saturated heterocycles. The number of hydrogen-bond donors (Lipinski definition) is 0. The second-order valence-corrected chi connectivity index (χ2v) is 10.2. The molecule has 2 heterocycles. The van der Waals surface area contributed by atoms with Gasteiger partial charge in [0, 0.05) is 28.8 Å². The summed E-state index contributed by atoms with van der Waals surface area (Å²) in [7, 11) is 2.28. The molecule has 0 radical (unpaired) electrons. The normalized spacial score (nSPS) is 30.5. The molecule has 1 aromatic carbocycles. The van der Waals surface area contributed by atoms with E-state index >= 15 is 0 Å². The molecule has 2 aliphatic heterocycles. The van der Waals surface area contributed by atoms with E-state index in [0.29, 0.717) is 0 Å². The van der Waals surface area contributed by atoms with E-state index in [1.54, 1.807) is 9.81 Å². The molecule has 0 bridgehead atoms. The zero-order chi connectivity index (χ0) is 17.7. The highest BCUT2D eigenvalue weighted by atomic mass is 32.2. The zero-order valence-corrected chi connectivity index (χ0v) is 17.4. The van der Waals surface area contributed by atoms with Crippen LogP contribution in [0.1, 0.15) is 25.7 Å². The summed E-state index contributed by atoms with van der Waals surface area (Å²) in [6.45, 7) is 3.70. The summed E-state index contributed by atoms with van der Waals surface area (Å²) in [6.07, 6.45) is 10.2. The van der Waals surface area contributed by atoms with Crippen molar-refractivity contribution in [3.8, 4) is 0 Å². The Kier molecular flexibility index (Phi) is 4.62. The van der Waals surface area contributed by atoms with Crippen molar-refractivity contribution < 1.29 is 0 Å². The monoisotopic (exact) mass is 384 g/mol. The lowest BCUT2D eigenvalue weighted by Crippen LogP contribution is -2.35. The SMILES string of the molecule is CSC1=CC2=C(Sc3ccccc3N2CCC2CCCN(C)C2)C2CC12. The van der Waals surface area contributed by atoms with Crippen molar-refractivity contribution in [2.24, 2.45) is 17.8 Å². The highest BCUT2D eigenvalue weighted by Crippen LogP contribution is 2.62. The van der Waals surface area contributed by atoms with Gasteiger partial charge in [0.25, 0.3) is 0 Å². The first-order valence-electron chi connectivity index (χ1n) is 9.97. The second-order valence-electron chi connectivity index (χ2n) is 8.23. The number of benzene rings is 1. The fourth-order valence-electron chi connectivity index (χ4n) is 4.93. The highest BCUT2D eigenvalue weighted by Gasteiger charge is 2.48. The maximum atomic E-state index is 2.65. The van der Waals surface area contributed by atoms with Crippen molar-refractivity contribution in [2.75, 3.05) is 37.8 Å². The van der Waals surface area contributed by atoms with Gasteiger partial charge in [-0.25, -0.2) is 0 Å². The minimum atomic E-state index is 0.791. The van der Waals surface area contributed by atoms with Crippen molar-refractivity contribution in [1.29, 1.82) is 0 Å². The topological polar surface area (TPSA) is 6.48 Å². The molecule has 3 unspecified atom stereocenters. The van der Waals surface area contributed by atoms with Gasteiger partial charge in [0.05, 0.1) is 11.4 Å². The average Bonchev–Trinajstić information content (AvgIpc) is 3.46. The third kappa shape index (κ3) is 3.04. The summed E-state index contributed by atoms with van der Waals surface area (Å²) in [5, 5.41) is 0. The van der Waals surface area contributed by atoms with Crippen molar-refractivity contribution in [1.82, 2.24) is 4.90 Å². The maximum Gasteiger partial charge on any atom is 0.0552 e. The van der Waals surface area contributed by atoms with Crippen LogP contribution < -0.4 is 4.90 Å². The Balaban J connectivity index is 1.44. The van der Waals surface area contributed by atoms with E-state index in [-0.39, 0.29) is 0 Å². The van der Waals surface area contributed by atoms with Crippen LogP contribution >= 0.6 is 23.5 Å². The zero-order valence-electron chi connectivity index (χ0n) is 15.8. The molecule has 2 fully saturated rings. The van der Waals surface area contributed by atoms with Gasteiger partial charge >= 0.3 is 0 Å². The first-order chi connectivity index (χ1) is 12.7. The molecule has 0 spiro atoms. The second kappa shape index (κ2) is 6.96. The van der Waals surface area contributed by atoms with Crippen LogP contribution in [0, 0.1) is 17.8 Å². The first-order valence-corrected chi connectivity index (χ1v) is 12.0. The molecule has 26 heavy (non-hydrogen) atoms. The summed E-state index contributed by atoms with van der Waals surface area (Å²) >= 11 is 4.01. The Morgan fingerprint density at radius 3 is 2.96 bits per heavy atom. The summed E-state index contributed by atoms with van der Waals surface area (Å²) in [4.78, 5) is 9.88. The van der Waals surface area contributed by atoms with Crippen molar-refractivity contribution in [2.45, 2.75) is 30.6 Å². The van der Waals surface area contributed by atoms with Gasteiger partial charge in [-0.05, 0) is 80.5 Å². The number of piperidine rings is 1. The number of thioether (sulfide) groups is 2. The molecule has 0 aromatic heterocycles. The Hall–Kier alpha value is -0.840. The van der Waals surface area contributed by atoms with Gasteiger partial charge in [0.2, 0.25) is 0 Å². The largest absolute Gasteiger partial charge is 0.340 e. The van der Waals surface area contributed by atoms with Gasteiger partial charge < -0.3 is 9.80 Å². The Morgan fingerprint density at radius 2 is 2.12 bits per heavy atom. The van der Waals surface area contributed by atoms with Crippen LogP contribution in [0.25, 0.3) is 0 Å². The first kappa shape index (κ1) is 17.3. The number of anilines is 1. The number of rotatable bonds is 4. The van der Waals surface area contributed by atoms with Crippen LogP contribution in [0.3, 0.4) is 0 Å². The number of nitrogens with zero attached hydrogens (tertiary/aromatic N) is 2. The van der Waals surface area contributed by atoms with E-state index in [0.717, 1.165) is 24.3 Å². The summed E-state index contributed by atoms with van der Waals surface area (Å²) in [6, 6.07) is 9.04. The van der Waals surface area contributed by atoms with Gasteiger partial charge in [0.1, 0.15) is 0 Å². The van der Waals surface area contributed by atoms with E-state index in [9.17, 15) is 0 Å². The third-order valence-corrected chi connectivity index (χ3v) is 8.60. The molecule has 0 amide bonds. The highest BCUT2D eigenvalue weighted by molar-refractivity contribution is 8.03. The Bertz CT molecular complexity index is 769. The van der Waals surface area contributed by atoms with Gasteiger partial charge in [0.15, 0.2) is 0 Å². The van der Waals surface area contributed by atoms with Crippen LogP contribution in [-0.4, -0.2) is 37.8 Å². The molecular formula is C22H28N2S2. The van der Waals surface area contributed by atoms with Crippen LogP contribution in [0.4, 0.5) is 5.69 Å². The van der Waals surface area contributed by atoms with Crippen molar-refractivity contribution in [3.05, 3.63) is 45.8 Å². The van der Waals surface area contributed by atoms with Gasteiger partial charge in [-0.2, -0.15) is 0 Å². The standard InChI is InChI=1S/C22H28N2S2/c1-23-10-5-6-15(14-23)9-11-24-18-7-3-4-8-20(18)26-22-17-12-16(17)21(25-2)13-19(22)24/h3-4,7-8,13,15-17H,5-6,9-12,14H2,1-2H3. The average molecular weight is 385 g/mol. The molecule has 1 aromatic rings. The minimum absolute atomic E-state index is 0.791. The predicted molar refractivity (Wildman–Crippen MR) is 115 cm³/mol. The van der Waals surface area contributed by atoms with Crippen molar-refractivity contribution in [3.63, 3.8) is 0 Å². The minimum Gasteiger partial charge on any atom is -0.340 e. The van der Waals surface area contributed by atoms with Gasteiger partial charge in [-0.15, -0.1) is 11.8 Å². The third-order valence-electron chi connectivity index (χ3n) is 6.41. The van der Waals surface area contributed by atoms with E-state index in [1.165, 1.54) is 55.1 Å². The van der Waals surface area contributed by atoms with E-state index in [1.807, 2.05) is 23.5 Å². The molecule has 0 N–H and O–H groups in total. The number of allylic oxidation sites excluding steroid dienone is 3. The van der Waals surface area contributed by atoms with Crippen LogP contribution in [-0.2, 0) is 0 Å². The molecule has 2 nitrogen and oxygen atoms in total. The molecule has 5 rings (SSSR count). The Morgan fingerprint density at radius 1 is 1.23 bits per heavy atom. The summed E-state index contributed by atoms with van der Waals surface area (Å²) in [5.41, 5.74) is 2.94. The number of likely N-dealkylation sites (tertiary alicyclic amines) is 1. The predicted octanol–water partition coefficient (Wildman–Crippen LogP) is 5.44. The van der Waals surface area contributed by atoms with Gasteiger partial charge in [-0.1, -0.05) is 23.9 Å². The molecule has 3 atom stereocenters. The Labute approximate surface area is 166 Å². The fraction of sp³-hybridized carbons (Fsp3) is 0.545. The molecule has 1 saturated carbocycles. The summed E-state index contributed by atoms with van der Waals surface area (Å²) in [5.74, 6) is 2.45. The lowest BCUT2D eigenvalue weighted by Gasteiger charge is -2.37. The smallest absolute Gasteiger partial charge is 0.0552 e. The number of hydrogen-bond acceptors (Lipinski definition) is 4. The summed E-state index contributed by atoms with van der Waals surface area (Å²) < 4.78 is 0. The molecule has 4 heteroatoms. The van der Waals surface area contributed by atoms with Crippen LogP contribution in [0.5, 0.6) is 0 Å². The molecular weight excluding hydrogens is 356 g/mol. The lowest BCUT2D eigenvalue weighted by molar-refractivity contribution is 0.203. The van der Waals surface area contributed by atoms with E-state index in [4.69, 9.17) is 0 Å². The van der Waals surface area contributed by atoms with Crippen molar-refractivity contribution >= 4 is 29.2 Å². The number of para-hydroxylation sites is 1. The van der Waals surface area contributed by atoms with Crippen LogP contribution in [0.2, 0.25) is 0 Å². The lowest BCUT2D eigenvalue weighted by atomic mass is 9.94. The molecule has 2 aliphatic carbocycles. The molecule has 138 valence electrons. The van der Waals surface area contributed by atoms with E-state index in [2.05, 4.69) is 53.4 Å². The fourth-order valence-corrected chi connectivity index (χ4v) is 7.07. The number of fused-ring (bicyclic) bond motifs is 3. The molecule has 4 aliphatic rings. The maximum absolute atomic E-state index is 2.65. The van der Waals surface area contributed by atoms with E-state index < -0.39 is 0 Å². The quantitative estimate of drug-likeness (QED) is 0.682. The van der Waals surface area contributed by atoms with Gasteiger partial charge in [-0.3, -0.25) is 0 Å². The van der Waals surface area contributed by atoms with Crippen LogP contribution in [0.15, 0.2) is 50.7 Å².